The van der Waals surface area contributed by atoms with E-state index in [0.717, 1.165) is 65.4 Å². The Labute approximate surface area is 324 Å². The number of rotatable bonds is 8. The fraction of sp³-hybridized carbons (Fsp3) is 0.409. The van der Waals surface area contributed by atoms with Gasteiger partial charge in [0, 0.05) is 40.7 Å². The molecule has 55 heavy (non-hydrogen) atoms. The van der Waals surface area contributed by atoms with Crippen molar-refractivity contribution in [1.82, 2.24) is 24.7 Å². The number of nitrogens with zero attached hydrogens (tertiary/aromatic N) is 5. The molecule has 2 N–H and O–H groups in total. The monoisotopic (exact) mass is 754 g/mol. The molecular weight excluding hydrogens is 709 g/mol. The van der Waals surface area contributed by atoms with Gasteiger partial charge in [-0.05, 0) is 130 Å². The molecular formula is C44H46N6O4S. The van der Waals surface area contributed by atoms with Crippen molar-refractivity contribution in [2.45, 2.75) is 97.8 Å². The van der Waals surface area contributed by atoms with Crippen molar-refractivity contribution in [2.75, 3.05) is 5.32 Å². The number of aromatic carboxylic acids is 1. The third kappa shape index (κ3) is 6.40. The Bertz CT molecular complexity index is 2490. The van der Waals surface area contributed by atoms with Crippen LogP contribution in [-0.2, 0) is 11.3 Å². The summed E-state index contributed by atoms with van der Waals surface area (Å²) >= 11 is 1.36. The van der Waals surface area contributed by atoms with Crippen molar-refractivity contribution in [1.29, 1.82) is 0 Å². The normalized spacial score (nSPS) is 25.9. The highest BCUT2D eigenvalue weighted by atomic mass is 32.1. The van der Waals surface area contributed by atoms with E-state index in [4.69, 9.17) is 14.8 Å². The number of aromatic nitrogens is 5. The van der Waals surface area contributed by atoms with Crippen LogP contribution in [0.1, 0.15) is 99.7 Å². The third-order valence-electron chi connectivity index (χ3n) is 12.0. The zero-order valence-electron chi connectivity index (χ0n) is 32.2. The summed E-state index contributed by atoms with van der Waals surface area (Å²) in [6.45, 7) is 14.2. The summed E-state index contributed by atoms with van der Waals surface area (Å²) < 4.78 is 9.96. The van der Waals surface area contributed by atoms with Crippen molar-refractivity contribution in [3.8, 4) is 22.4 Å². The highest BCUT2D eigenvalue weighted by Crippen LogP contribution is 2.72. The molecule has 282 valence electrons. The first kappa shape index (κ1) is 35.7. The minimum absolute atomic E-state index is 0.0388. The lowest BCUT2D eigenvalue weighted by molar-refractivity contribution is -0.275. The number of carbonyl (C=O) groups is 2. The molecule has 4 fully saturated rings. The van der Waals surface area contributed by atoms with Crippen LogP contribution >= 0.6 is 11.3 Å². The van der Waals surface area contributed by atoms with Gasteiger partial charge in [-0.3, -0.25) is 14.8 Å². The van der Waals surface area contributed by atoms with Gasteiger partial charge in [-0.25, -0.2) is 14.8 Å². The molecule has 10 nitrogen and oxygen atoms in total. The molecule has 4 aliphatic rings. The molecule has 4 bridgehead atoms. The Morgan fingerprint density at radius 1 is 0.927 bits per heavy atom. The number of hydrogen-bond donors (Lipinski definition) is 2. The van der Waals surface area contributed by atoms with E-state index in [9.17, 15) is 14.7 Å². The van der Waals surface area contributed by atoms with E-state index in [-0.39, 0.29) is 39.0 Å². The predicted molar refractivity (Wildman–Crippen MR) is 215 cm³/mol. The standard InChI is InChI=1S/C44H46N6O4S/c1-26-32(18-46-50(26)25-43-20-41(5)19-42(6,21-43)23-44(22-41,24-43)54-40(2,3)4)29-14-15-33(47-35(29)38(52)53)28-13-12-27-9-7-10-30(31(27)17-28)37(51)49-39-48-36-34(55-39)11-8-16-45-36/h7-18H,19-25H2,1-6H3,(H,52,53)(H,45,48,49,51). The molecule has 0 radical (unpaired) electrons. The van der Waals surface area contributed by atoms with Crippen molar-refractivity contribution >= 4 is 49.5 Å². The zero-order valence-corrected chi connectivity index (χ0v) is 33.0. The van der Waals surface area contributed by atoms with E-state index in [1.54, 1.807) is 18.5 Å². The molecule has 4 heterocycles. The van der Waals surface area contributed by atoms with E-state index in [1.807, 2.05) is 61.5 Å². The number of hydrogen-bond acceptors (Lipinski definition) is 8. The summed E-state index contributed by atoms with van der Waals surface area (Å²) in [5.74, 6) is -1.41. The van der Waals surface area contributed by atoms with E-state index < -0.39 is 5.97 Å². The van der Waals surface area contributed by atoms with Crippen LogP contribution in [0.4, 0.5) is 5.13 Å². The van der Waals surface area contributed by atoms with E-state index in [0.29, 0.717) is 33.2 Å². The lowest BCUT2D eigenvalue weighted by Gasteiger charge is -2.70. The van der Waals surface area contributed by atoms with Crippen LogP contribution in [0.2, 0.25) is 0 Å². The SMILES string of the molecule is Cc1c(-c2ccc(-c3ccc4cccc(C(=O)Nc5nc6ncccc6s5)c4c3)nc2C(=O)O)cnn1CC12CC3(C)CC(C)(C1)CC(OC(C)(C)C)(C3)C2. The van der Waals surface area contributed by atoms with Gasteiger partial charge >= 0.3 is 5.97 Å². The van der Waals surface area contributed by atoms with Crippen molar-refractivity contribution in [3.63, 3.8) is 0 Å². The average Bonchev–Trinajstić information content (AvgIpc) is 3.66. The van der Waals surface area contributed by atoms with Crippen LogP contribution in [0.25, 0.3) is 43.5 Å². The van der Waals surface area contributed by atoms with Gasteiger partial charge < -0.3 is 9.84 Å². The van der Waals surface area contributed by atoms with Gasteiger partial charge in [0.15, 0.2) is 16.5 Å². The summed E-state index contributed by atoms with van der Waals surface area (Å²) in [6, 6.07) is 18.7. The number of nitrogens with one attached hydrogen (secondary N) is 1. The molecule has 10 rings (SSSR count). The Morgan fingerprint density at radius 2 is 1.71 bits per heavy atom. The molecule has 2 unspecified atom stereocenters. The predicted octanol–water partition coefficient (Wildman–Crippen LogP) is 9.96. The summed E-state index contributed by atoms with van der Waals surface area (Å²) in [4.78, 5) is 39.9. The molecule has 1 amide bonds. The second-order valence-corrected chi connectivity index (χ2v) is 19.3. The average molecular weight is 755 g/mol. The second-order valence-electron chi connectivity index (χ2n) is 18.3. The fourth-order valence-corrected chi connectivity index (χ4v) is 12.4. The van der Waals surface area contributed by atoms with Gasteiger partial charge in [-0.1, -0.05) is 49.4 Å². The van der Waals surface area contributed by atoms with Crippen LogP contribution in [-0.4, -0.2) is 52.9 Å². The molecule has 4 aliphatic carbocycles. The van der Waals surface area contributed by atoms with Crippen LogP contribution in [0.15, 0.2) is 73.1 Å². The molecule has 0 spiro atoms. The maximum atomic E-state index is 13.6. The number of thiazole rings is 1. The number of fused-ring (bicyclic) bond motifs is 2. The van der Waals surface area contributed by atoms with Gasteiger partial charge in [0.2, 0.25) is 0 Å². The van der Waals surface area contributed by atoms with Crippen LogP contribution in [0.3, 0.4) is 0 Å². The van der Waals surface area contributed by atoms with E-state index >= 15 is 0 Å². The van der Waals surface area contributed by atoms with Crippen molar-refractivity contribution in [3.05, 3.63) is 90.0 Å². The summed E-state index contributed by atoms with van der Waals surface area (Å²) in [5, 5.41) is 20.4. The maximum Gasteiger partial charge on any atom is 0.355 e. The second kappa shape index (κ2) is 12.2. The Hall–Kier alpha value is -5.00. The van der Waals surface area contributed by atoms with Gasteiger partial charge in [0.1, 0.15) is 0 Å². The third-order valence-corrected chi connectivity index (χ3v) is 12.9. The number of carbonyl (C=O) groups excluding carboxylic acids is 1. The maximum absolute atomic E-state index is 13.6. The summed E-state index contributed by atoms with van der Waals surface area (Å²) in [6.07, 6.45) is 10.2. The topological polar surface area (TPSA) is 132 Å². The number of ether oxygens (including phenoxy) is 1. The van der Waals surface area contributed by atoms with Crippen LogP contribution in [0, 0.1) is 23.2 Å². The molecule has 0 aliphatic heterocycles. The summed E-state index contributed by atoms with van der Waals surface area (Å²) in [7, 11) is 0. The molecule has 4 aromatic heterocycles. The molecule has 11 heteroatoms. The smallest absolute Gasteiger partial charge is 0.355 e. The van der Waals surface area contributed by atoms with E-state index in [2.05, 4.69) is 54.6 Å². The number of anilines is 1. The van der Waals surface area contributed by atoms with Crippen molar-refractivity contribution in [2.24, 2.45) is 16.2 Å². The minimum Gasteiger partial charge on any atom is -0.476 e. The zero-order chi connectivity index (χ0) is 38.5. The molecule has 2 aromatic carbocycles. The largest absolute Gasteiger partial charge is 0.476 e. The summed E-state index contributed by atoms with van der Waals surface area (Å²) in [5.41, 5.74) is 4.57. The molecule has 6 aromatic rings. The minimum atomic E-state index is -1.11. The Kier molecular flexibility index (Phi) is 7.95. The highest BCUT2D eigenvalue weighted by Gasteiger charge is 2.66. The number of carboxylic acids is 1. The number of amides is 1. The number of benzene rings is 2. The molecule has 0 saturated heterocycles. The Balaban J connectivity index is 1.02. The van der Waals surface area contributed by atoms with E-state index in [1.165, 1.54) is 17.8 Å². The van der Waals surface area contributed by atoms with Crippen molar-refractivity contribution < 1.29 is 19.4 Å². The van der Waals surface area contributed by atoms with Crippen LogP contribution < -0.4 is 5.32 Å². The molecule has 2 atom stereocenters. The first-order valence-corrected chi connectivity index (χ1v) is 19.9. The fourth-order valence-electron chi connectivity index (χ4n) is 11.6. The highest BCUT2D eigenvalue weighted by molar-refractivity contribution is 7.22. The molecule has 4 saturated carbocycles. The first-order valence-electron chi connectivity index (χ1n) is 19.1. The van der Waals surface area contributed by atoms with Gasteiger partial charge in [-0.15, -0.1) is 0 Å². The number of pyridine rings is 2. The lowest BCUT2D eigenvalue weighted by atomic mass is 9.39. The first-order chi connectivity index (χ1) is 26.0. The number of carboxylic acid groups (broad SMARTS) is 1. The van der Waals surface area contributed by atoms with Crippen LogP contribution in [0.5, 0.6) is 0 Å². The van der Waals surface area contributed by atoms with Gasteiger partial charge in [-0.2, -0.15) is 10.1 Å². The quantitative estimate of drug-likeness (QED) is 0.157. The van der Waals surface area contributed by atoms with Gasteiger partial charge in [0.05, 0.1) is 27.8 Å². The Morgan fingerprint density at radius 3 is 2.44 bits per heavy atom. The van der Waals surface area contributed by atoms with Gasteiger partial charge in [0.25, 0.3) is 5.91 Å². The lowest BCUT2D eigenvalue weighted by Crippen LogP contribution is -2.65.